The Morgan fingerprint density at radius 3 is 1.89 bits per heavy atom. The second kappa shape index (κ2) is 4.53. The number of carbonyl (C=O) groups excluding carboxylic acids is 1. The molecule has 5 nitrogen and oxygen atoms in total. The van der Waals surface area contributed by atoms with E-state index >= 15 is 0 Å². The number of Topliss-reactive ketones (excluding diaryl/α,β-unsaturated/α-hetero) is 1. The maximum Gasteiger partial charge on any atom is 0.336 e. The highest BCUT2D eigenvalue weighted by atomic mass is 16.4. The zero-order chi connectivity index (χ0) is 14.2. The average Bonchev–Trinajstić information content (AvgIpc) is 2.35. The Hall–Kier alpha value is -2.69. The second-order valence-corrected chi connectivity index (χ2v) is 4.06. The van der Waals surface area contributed by atoms with Crippen LogP contribution in [0, 0.1) is 0 Å². The Bertz CT molecular complexity index is 695. The highest BCUT2D eigenvalue weighted by Gasteiger charge is 2.19. The van der Waals surface area contributed by atoms with E-state index in [1.807, 2.05) is 0 Å². The Morgan fingerprint density at radius 2 is 1.37 bits per heavy atom. The van der Waals surface area contributed by atoms with E-state index in [0.717, 1.165) is 0 Å². The molecule has 0 spiro atoms. The molecule has 2 aromatic carbocycles. The molecule has 19 heavy (non-hydrogen) atoms. The number of carboxylic acid groups (broad SMARTS) is 2. The summed E-state index contributed by atoms with van der Waals surface area (Å²) in [5, 5.41) is 18.7. The molecule has 0 saturated heterocycles. The van der Waals surface area contributed by atoms with Crippen molar-refractivity contribution in [3.05, 3.63) is 47.0 Å². The zero-order valence-electron chi connectivity index (χ0n) is 10.0. The molecule has 0 amide bonds. The maximum atomic E-state index is 11.5. The molecule has 0 unspecified atom stereocenters. The minimum Gasteiger partial charge on any atom is -0.478 e. The first-order valence-electron chi connectivity index (χ1n) is 5.46. The molecule has 0 heterocycles. The molecular weight excluding hydrogens is 248 g/mol. The standard InChI is InChI=1S/C14H10O5/c1-7(15)8-5-6-11(14(18)19)12-9(8)3-2-4-10(12)13(16)17/h2-6H,1H3,(H,16,17)(H,18,19). The molecule has 0 saturated carbocycles. The van der Waals surface area contributed by atoms with E-state index in [-0.39, 0.29) is 22.3 Å². The molecule has 0 fully saturated rings. The number of rotatable bonds is 3. The first kappa shape index (κ1) is 12.8. The van der Waals surface area contributed by atoms with Gasteiger partial charge in [-0.05, 0) is 30.5 Å². The average molecular weight is 258 g/mol. The molecule has 0 aliphatic carbocycles. The van der Waals surface area contributed by atoms with Gasteiger partial charge in [0, 0.05) is 10.9 Å². The lowest BCUT2D eigenvalue weighted by atomic mass is 9.94. The van der Waals surface area contributed by atoms with Crippen LogP contribution in [0.15, 0.2) is 30.3 Å². The maximum absolute atomic E-state index is 11.5. The fraction of sp³-hybridized carbons (Fsp3) is 0.0714. The molecule has 0 aliphatic heterocycles. The summed E-state index contributed by atoms with van der Waals surface area (Å²) in [5.74, 6) is -2.70. The summed E-state index contributed by atoms with van der Waals surface area (Å²) < 4.78 is 0. The quantitative estimate of drug-likeness (QED) is 0.825. The minimum absolute atomic E-state index is 0.0789. The van der Waals surface area contributed by atoms with Crippen LogP contribution < -0.4 is 0 Å². The van der Waals surface area contributed by atoms with Crippen molar-refractivity contribution >= 4 is 28.5 Å². The van der Waals surface area contributed by atoms with Gasteiger partial charge in [0.1, 0.15) is 0 Å². The summed E-state index contributed by atoms with van der Waals surface area (Å²) in [6.07, 6.45) is 0. The number of aromatic carboxylic acids is 2. The van der Waals surface area contributed by atoms with Gasteiger partial charge in [-0.2, -0.15) is 0 Å². The predicted octanol–water partition coefficient (Wildman–Crippen LogP) is 2.44. The van der Waals surface area contributed by atoms with Crippen molar-refractivity contribution in [2.45, 2.75) is 6.92 Å². The fourth-order valence-corrected chi connectivity index (χ4v) is 2.07. The van der Waals surface area contributed by atoms with Gasteiger partial charge in [-0.3, -0.25) is 4.79 Å². The SMILES string of the molecule is CC(=O)c1ccc(C(=O)O)c2c(C(=O)O)cccc12. The highest BCUT2D eigenvalue weighted by molar-refractivity contribution is 6.18. The third kappa shape index (κ3) is 2.06. The first-order valence-corrected chi connectivity index (χ1v) is 5.46. The number of fused-ring (bicyclic) bond motifs is 1. The Morgan fingerprint density at radius 1 is 0.842 bits per heavy atom. The van der Waals surface area contributed by atoms with Crippen LogP contribution in [0.2, 0.25) is 0 Å². The molecule has 2 N–H and O–H groups in total. The Labute approximate surface area is 108 Å². The van der Waals surface area contributed by atoms with Crippen LogP contribution in [0.1, 0.15) is 38.0 Å². The Kier molecular flexibility index (Phi) is 3.04. The predicted molar refractivity (Wildman–Crippen MR) is 67.9 cm³/mol. The van der Waals surface area contributed by atoms with Crippen LogP contribution in [0.3, 0.4) is 0 Å². The van der Waals surface area contributed by atoms with E-state index < -0.39 is 11.9 Å². The van der Waals surface area contributed by atoms with Gasteiger partial charge in [0.2, 0.25) is 0 Å². The normalized spacial score (nSPS) is 10.4. The minimum atomic E-state index is -1.23. The van der Waals surface area contributed by atoms with Crippen molar-refractivity contribution in [1.29, 1.82) is 0 Å². The third-order valence-electron chi connectivity index (χ3n) is 2.88. The number of hydrogen-bond acceptors (Lipinski definition) is 3. The number of benzene rings is 2. The fourth-order valence-electron chi connectivity index (χ4n) is 2.07. The third-order valence-corrected chi connectivity index (χ3v) is 2.88. The van der Waals surface area contributed by atoms with E-state index in [1.54, 1.807) is 6.07 Å². The van der Waals surface area contributed by atoms with Gasteiger partial charge in [-0.15, -0.1) is 0 Å². The van der Waals surface area contributed by atoms with Gasteiger partial charge in [0.15, 0.2) is 5.78 Å². The summed E-state index contributed by atoms with van der Waals surface area (Å²) in [7, 11) is 0. The van der Waals surface area contributed by atoms with E-state index in [9.17, 15) is 14.4 Å². The van der Waals surface area contributed by atoms with E-state index in [0.29, 0.717) is 10.9 Å². The van der Waals surface area contributed by atoms with Crippen LogP contribution in [0.4, 0.5) is 0 Å². The molecule has 0 aromatic heterocycles. The summed E-state index contributed by atoms with van der Waals surface area (Å²) in [6.45, 7) is 1.35. The van der Waals surface area contributed by atoms with Crippen molar-refractivity contribution in [2.24, 2.45) is 0 Å². The molecule has 0 aliphatic rings. The lowest BCUT2D eigenvalue weighted by molar-refractivity contribution is 0.0695. The zero-order valence-corrected chi connectivity index (χ0v) is 10.0. The summed E-state index contributed by atoms with van der Waals surface area (Å²) >= 11 is 0. The number of carbonyl (C=O) groups is 3. The summed E-state index contributed by atoms with van der Waals surface area (Å²) in [6, 6.07) is 7.02. The van der Waals surface area contributed by atoms with Gasteiger partial charge in [0.05, 0.1) is 11.1 Å². The van der Waals surface area contributed by atoms with Crippen LogP contribution in [0.5, 0.6) is 0 Å². The lowest BCUT2D eigenvalue weighted by Crippen LogP contribution is -2.06. The van der Waals surface area contributed by atoms with Gasteiger partial charge < -0.3 is 10.2 Å². The van der Waals surface area contributed by atoms with E-state index in [4.69, 9.17) is 10.2 Å². The molecule has 5 heteroatoms. The summed E-state index contributed by atoms with van der Waals surface area (Å²) in [4.78, 5) is 33.9. The first-order chi connectivity index (χ1) is 8.93. The largest absolute Gasteiger partial charge is 0.478 e. The van der Waals surface area contributed by atoms with Crippen molar-refractivity contribution < 1.29 is 24.6 Å². The lowest BCUT2D eigenvalue weighted by Gasteiger charge is -2.09. The molecular formula is C14H10O5. The van der Waals surface area contributed by atoms with Crippen molar-refractivity contribution in [3.8, 4) is 0 Å². The number of hydrogen-bond donors (Lipinski definition) is 2. The van der Waals surface area contributed by atoms with Crippen molar-refractivity contribution in [3.63, 3.8) is 0 Å². The molecule has 0 radical (unpaired) electrons. The van der Waals surface area contributed by atoms with E-state index in [2.05, 4.69) is 0 Å². The van der Waals surface area contributed by atoms with Crippen LogP contribution in [0.25, 0.3) is 10.8 Å². The second-order valence-electron chi connectivity index (χ2n) is 4.06. The van der Waals surface area contributed by atoms with Crippen LogP contribution in [-0.2, 0) is 0 Å². The molecule has 0 bridgehead atoms. The highest BCUT2D eigenvalue weighted by Crippen LogP contribution is 2.27. The van der Waals surface area contributed by atoms with Crippen LogP contribution in [-0.4, -0.2) is 27.9 Å². The van der Waals surface area contributed by atoms with Crippen LogP contribution >= 0.6 is 0 Å². The topological polar surface area (TPSA) is 91.7 Å². The van der Waals surface area contributed by atoms with Crippen molar-refractivity contribution in [1.82, 2.24) is 0 Å². The van der Waals surface area contributed by atoms with Gasteiger partial charge in [0.25, 0.3) is 0 Å². The molecule has 2 aromatic rings. The van der Waals surface area contributed by atoms with Gasteiger partial charge >= 0.3 is 11.9 Å². The Balaban J connectivity index is 3.01. The molecule has 2 rings (SSSR count). The molecule has 96 valence electrons. The number of carboxylic acids is 2. The van der Waals surface area contributed by atoms with Crippen molar-refractivity contribution in [2.75, 3.05) is 0 Å². The van der Waals surface area contributed by atoms with E-state index in [1.165, 1.54) is 31.2 Å². The van der Waals surface area contributed by atoms with Gasteiger partial charge in [-0.1, -0.05) is 12.1 Å². The monoisotopic (exact) mass is 258 g/mol. The smallest absolute Gasteiger partial charge is 0.336 e. The molecule has 0 atom stereocenters. The number of ketones is 1. The summed E-state index contributed by atoms with van der Waals surface area (Å²) in [5.41, 5.74) is 0.0547. The van der Waals surface area contributed by atoms with Gasteiger partial charge in [-0.25, -0.2) is 9.59 Å².